The minimum Gasteiger partial charge on any atom is -0.378 e. The molecule has 21 heteroatoms. The molecule has 63 heavy (non-hydrogen) atoms. The number of rotatable bonds is 10. The van der Waals surface area contributed by atoms with Crippen LogP contribution in [0.5, 0.6) is 0 Å². The van der Waals surface area contributed by atoms with Gasteiger partial charge in [0.05, 0.1) is 50.1 Å². The van der Waals surface area contributed by atoms with E-state index in [1.165, 1.54) is 0 Å². The van der Waals surface area contributed by atoms with Crippen LogP contribution in [0.1, 0.15) is 110 Å². The number of ether oxygens (including phenoxy) is 1. The summed E-state index contributed by atoms with van der Waals surface area (Å²) in [4.78, 5) is 67.6. The average Bonchev–Trinajstić information content (AvgIpc) is 4.19. The van der Waals surface area contributed by atoms with Crippen molar-refractivity contribution in [3.63, 3.8) is 0 Å². The molecule has 2 amide bonds. The summed E-state index contributed by atoms with van der Waals surface area (Å²) >= 11 is 0. The van der Waals surface area contributed by atoms with Crippen molar-refractivity contribution < 1.29 is 14.3 Å². The number of imidazole rings is 2. The Labute approximate surface area is 364 Å². The third kappa shape index (κ3) is 7.07. The Bertz CT molecular complexity index is 2570. The molecule has 3 fully saturated rings. The van der Waals surface area contributed by atoms with Gasteiger partial charge in [-0.2, -0.15) is 9.97 Å². The first kappa shape index (κ1) is 40.4. The number of nitrogens with zero attached hydrogens (tertiary/aromatic N) is 16. The second-order valence-electron chi connectivity index (χ2n) is 16.8. The van der Waals surface area contributed by atoms with E-state index in [0.29, 0.717) is 55.4 Å². The van der Waals surface area contributed by atoms with Crippen LogP contribution in [-0.4, -0.2) is 140 Å². The number of aromatic nitrogens is 11. The molecule has 5 aromatic rings. The van der Waals surface area contributed by atoms with E-state index in [1.54, 1.807) is 52.3 Å². The zero-order valence-electron chi connectivity index (χ0n) is 36.0. The summed E-state index contributed by atoms with van der Waals surface area (Å²) in [5, 5.41) is 21.3. The number of aliphatic imine (C=N–C) groups is 1. The molecule has 3 aliphatic heterocycles. The van der Waals surface area contributed by atoms with Gasteiger partial charge in [0.15, 0.2) is 17.5 Å². The quantitative estimate of drug-likeness (QED) is 0.151. The van der Waals surface area contributed by atoms with Gasteiger partial charge in [-0.25, -0.2) is 19.9 Å². The molecule has 5 aliphatic rings. The van der Waals surface area contributed by atoms with Gasteiger partial charge in [-0.3, -0.25) is 38.6 Å². The number of amides is 2. The lowest BCUT2D eigenvalue weighted by molar-refractivity contribution is 0.0299. The lowest BCUT2D eigenvalue weighted by Crippen LogP contribution is -2.56. The SMILES string of the molecule is CCC1c2nnc(C)n2-c2cnc(-n3cnc(C(=O)N4CCOCC4)c3)nc2N1C1CCC(N=CN2C(=N)[C@@H](CC)N(C3CCCC3)c3nc(-n4cnc(C(=O)NC)c4)ncc32)C1. The first-order valence-corrected chi connectivity index (χ1v) is 22.1. The van der Waals surface area contributed by atoms with Crippen molar-refractivity contribution in [2.24, 2.45) is 4.99 Å². The molecule has 2 saturated carbocycles. The largest absolute Gasteiger partial charge is 0.378 e. The summed E-state index contributed by atoms with van der Waals surface area (Å²) in [6, 6.07) is -0.00898. The Balaban J connectivity index is 0.945. The molecule has 0 bridgehead atoms. The molecule has 0 radical (unpaired) electrons. The van der Waals surface area contributed by atoms with Crippen molar-refractivity contribution in [2.75, 3.05) is 48.1 Å². The van der Waals surface area contributed by atoms with Gasteiger partial charge >= 0.3 is 0 Å². The van der Waals surface area contributed by atoms with E-state index in [-0.39, 0.29) is 47.7 Å². The van der Waals surface area contributed by atoms with Crippen LogP contribution < -0.4 is 20.0 Å². The molecule has 2 N–H and O–H groups in total. The Morgan fingerprint density at radius 1 is 0.841 bits per heavy atom. The van der Waals surface area contributed by atoms with E-state index in [4.69, 9.17) is 29.7 Å². The maximum absolute atomic E-state index is 13.3. The molecule has 21 nitrogen and oxygen atoms in total. The fourth-order valence-corrected chi connectivity index (χ4v) is 9.97. The van der Waals surface area contributed by atoms with Gasteiger partial charge in [-0.05, 0) is 51.9 Å². The molecule has 1 saturated heterocycles. The van der Waals surface area contributed by atoms with Gasteiger partial charge in [0.2, 0.25) is 11.9 Å². The number of amidine groups is 1. The van der Waals surface area contributed by atoms with Crippen LogP contribution in [0.3, 0.4) is 0 Å². The molecule has 0 aromatic carbocycles. The molecular weight excluding hydrogens is 805 g/mol. The zero-order valence-corrected chi connectivity index (χ0v) is 36.0. The van der Waals surface area contributed by atoms with E-state index in [0.717, 1.165) is 86.8 Å². The Morgan fingerprint density at radius 3 is 2.19 bits per heavy atom. The van der Waals surface area contributed by atoms with E-state index in [1.807, 2.05) is 24.4 Å². The highest BCUT2D eigenvalue weighted by Gasteiger charge is 2.43. The Morgan fingerprint density at radius 2 is 1.49 bits per heavy atom. The highest BCUT2D eigenvalue weighted by molar-refractivity contribution is 6.17. The van der Waals surface area contributed by atoms with Crippen molar-refractivity contribution in [2.45, 2.75) is 109 Å². The van der Waals surface area contributed by atoms with E-state index in [2.05, 4.69) is 53.7 Å². The van der Waals surface area contributed by atoms with Gasteiger partial charge in [0.1, 0.15) is 47.1 Å². The number of nitrogens with one attached hydrogen (secondary N) is 2. The topological polar surface area (TPSA) is 222 Å². The van der Waals surface area contributed by atoms with Crippen molar-refractivity contribution in [3.05, 3.63) is 60.5 Å². The fourth-order valence-electron chi connectivity index (χ4n) is 9.97. The molecule has 8 heterocycles. The van der Waals surface area contributed by atoms with Crippen LogP contribution in [0, 0.1) is 12.3 Å². The summed E-state index contributed by atoms with van der Waals surface area (Å²) in [7, 11) is 1.57. The van der Waals surface area contributed by atoms with Crippen LogP contribution in [-0.2, 0) is 4.74 Å². The minimum atomic E-state index is -0.288. The predicted molar refractivity (Wildman–Crippen MR) is 233 cm³/mol. The normalized spacial score (nSPS) is 22.5. The third-order valence-electron chi connectivity index (χ3n) is 13.1. The fraction of sp³-hybridized carbons (Fsp3) is 0.524. The van der Waals surface area contributed by atoms with E-state index < -0.39 is 0 Å². The average molecular weight is 857 g/mol. The van der Waals surface area contributed by atoms with Crippen molar-refractivity contribution in [3.8, 4) is 17.6 Å². The van der Waals surface area contributed by atoms with Gasteiger partial charge in [0.25, 0.3) is 11.8 Å². The maximum atomic E-state index is 13.3. The standard InChI is InChI=1S/C42H52N18O3/c1-5-31-35(43)57(33-18-45-41(55-20-29(48-22-55)39(61)44-4)50-36(33)59(31)27-9-7-8-10-27)24-47-26-11-12-28(17-26)60-32(6-2)38-53-52-25(3)58(38)34-19-46-42(51-37(34)60)56-21-30(49-23-56)40(62)54-13-15-63-16-14-54/h18-24,26-28,31-32,43H,5-17H2,1-4H3,(H,44,61)/t26?,28?,31-,32?/m1/s1. The maximum Gasteiger partial charge on any atom is 0.274 e. The van der Waals surface area contributed by atoms with Gasteiger partial charge < -0.3 is 24.8 Å². The summed E-state index contributed by atoms with van der Waals surface area (Å²) in [6.07, 6.45) is 20.1. The molecule has 328 valence electrons. The van der Waals surface area contributed by atoms with Crippen molar-refractivity contribution in [1.82, 2.24) is 64.0 Å². The van der Waals surface area contributed by atoms with Crippen LogP contribution >= 0.6 is 0 Å². The third-order valence-corrected chi connectivity index (χ3v) is 13.1. The first-order valence-electron chi connectivity index (χ1n) is 22.1. The molecule has 3 unspecified atom stereocenters. The minimum absolute atomic E-state index is 0.0281. The highest BCUT2D eigenvalue weighted by Crippen LogP contribution is 2.44. The molecule has 4 atom stereocenters. The van der Waals surface area contributed by atoms with Gasteiger partial charge in [-0.15, -0.1) is 10.2 Å². The monoisotopic (exact) mass is 856 g/mol. The number of fused-ring (bicyclic) bond motifs is 4. The number of carbonyl (C=O) groups excluding carboxylic acids is 2. The first-order chi connectivity index (χ1) is 30.8. The Hall–Kier alpha value is -6.64. The molecule has 2 aliphatic carbocycles. The smallest absolute Gasteiger partial charge is 0.274 e. The van der Waals surface area contributed by atoms with Crippen molar-refractivity contribution in [1.29, 1.82) is 5.41 Å². The highest BCUT2D eigenvalue weighted by atomic mass is 16.5. The number of hydrogen-bond acceptors (Lipinski definition) is 15. The summed E-state index contributed by atoms with van der Waals surface area (Å²) < 4.78 is 10.9. The van der Waals surface area contributed by atoms with Crippen LogP contribution in [0.15, 0.2) is 42.4 Å². The zero-order chi connectivity index (χ0) is 43.4. The van der Waals surface area contributed by atoms with E-state index >= 15 is 0 Å². The number of aryl methyl sites for hydroxylation is 1. The van der Waals surface area contributed by atoms with E-state index in [9.17, 15) is 15.0 Å². The molecule has 0 spiro atoms. The lowest BCUT2D eigenvalue weighted by Gasteiger charge is -2.45. The molecular formula is C42H52N18O3. The predicted octanol–water partition coefficient (Wildman–Crippen LogP) is 3.60. The number of anilines is 3. The van der Waals surface area contributed by atoms with Crippen LogP contribution in [0.4, 0.5) is 17.3 Å². The number of hydrogen-bond donors (Lipinski definition) is 2. The Kier molecular flexibility index (Phi) is 10.6. The summed E-state index contributed by atoms with van der Waals surface area (Å²) in [5.41, 5.74) is 2.11. The number of carbonyl (C=O) groups is 2. The summed E-state index contributed by atoms with van der Waals surface area (Å²) in [6.45, 7) is 8.28. The second kappa shape index (κ2) is 16.6. The van der Waals surface area contributed by atoms with Gasteiger partial charge in [-0.1, -0.05) is 26.7 Å². The van der Waals surface area contributed by atoms with Crippen molar-refractivity contribution >= 4 is 41.3 Å². The number of morpholine rings is 1. The second-order valence-corrected chi connectivity index (χ2v) is 16.8. The van der Waals surface area contributed by atoms with Crippen LogP contribution in [0.2, 0.25) is 0 Å². The molecule has 5 aromatic heterocycles. The summed E-state index contributed by atoms with van der Waals surface area (Å²) in [5.74, 6) is 3.95. The molecule has 10 rings (SSSR count). The van der Waals surface area contributed by atoms with Gasteiger partial charge in [0, 0.05) is 44.6 Å². The van der Waals surface area contributed by atoms with Crippen LogP contribution in [0.25, 0.3) is 17.6 Å². The lowest BCUT2D eigenvalue weighted by atomic mass is 10.0.